The maximum Gasteiger partial charge on any atom is 0.225 e. The standard InChI is InChI=1S/C19H23BrN4O2/c1-13-5-8-21-19(23-13)24-9-6-14(7-10-24)18(25)22-12-15-11-16(20)3-4-17(15)26-2/h3-5,8,11,14H,6-7,9-10,12H2,1-2H3,(H,22,25). The van der Waals surface area contributed by atoms with Crippen molar-refractivity contribution in [2.75, 3.05) is 25.1 Å². The van der Waals surface area contributed by atoms with E-state index in [4.69, 9.17) is 4.74 Å². The minimum absolute atomic E-state index is 0.0224. The van der Waals surface area contributed by atoms with E-state index >= 15 is 0 Å². The SMILES string of the molecule is COc1ccc(Br)cc1CNC(=O)C1CCN(c2nccc(C)n2)CC1. The number of halogens is 1. The number of hydrogen-bond donors (Lipinski definition) is 1. The zero-order valence-electron chi connectivity index (χ0n) is 15.0. The van der Waals surface area contributed by atoms with E-state index in [0.29, 0.717) is 6.54 Å². The third-order valence-corrected chi connectivity index (χ3v) is 5.12. The number of piperidine rings is 1. The molecule has 2 heterocycles. The Bertz CT molecular complexity index is 776. The summed E-state index contributed by atoms with van der Waals surface area (Å²) < 4.78 is 6.32. The van der Waals surface area contributed by atoms with E-state index in [0.717, 1.165) is 53.4 Å². The first-order valence-electron chi connectivity index (χ1n) is 8.71. The van der Waals surface area contributed by atoms with Crippen molar-refractivity contribution >= 4 is 27.8 Å². The van der Waals surface area contributed by atoms with Crippen molar-refractivity contribution < 1.29 is 9.53 Å². The Morgan fingerprint density at radius 1 is 1.35 bits per heavy atom. The van der Waals surface area contributed by atoms with E-state index in [1.807, 2.05) is 31.2 Å². The molecule has 1 N–H and O–H groups in total. The molecule has 1 aliphatic heterocycles. The van der Waals surface area contributed by atoms with Crippen LogP contribution in [0, 0.1) is 12.8 Å². The van der Waals surface area contributed by atoms with Crippen LogP contribution in [0.3, 0.4) is 0 Å². The van der Waals surface area contributed by atoms with Gasteiger partial charge in [0.05, 0.1) is 7.11 Å². The molecule has 0 atom stereocenters. The Labute approximate surface area is 162 Å². The van der Waals surface area contributed by atoms with Gasteiger partial charge in [-0.05, 0) is 44.0 Å². The van der Waals surface area contributed by atoms with Gasteiger partial charge in [-0.1, -0.05) is 15.9 Å². The summed E-state index contributed by atoms with van der Waals surface area (Å²) in [7, 11) is 1.64. The second kappa shape index (κ2) is 8.49. The summed E-state index contributed by atoms with van der Waals surface area (Å²) in [6, 6.07) is 7.68. The van der Waals surface area contributed by atoms with E-state index in [2.05, 4.69) is 36.1 Å². The molecule has 1 aromatic carbocycles. The molecule has 0 spiro atoms. The number of rotatable bonds is 5. The van der Waals surface area contributed by atoms with Crippen LogP contribution in [-0.4, -0.2) is 36.1 Å². The molecule has 1 amide bonds. The highest BCUT2D eigenvalue weighted by Gasteiger charge is 2.26. The van der Waals surface area contributed by atoms with Crippen molar-refractivity contribution in [2.24, 2.45) is 5.92 Å². The van der Waals surface area contributed by atoms with E-state index in [-0.39, 0.29) is 11.8 Å². The van der Waals surface area contributed by atoms with Gasteiger partial charge < -0.3 is 15.0 Å². The van der Waals surface area contributed by atoms with Crippen molar-refractivity contribution in [3.05, 3.63) is 46.2 Å². The Hall–Kier alpha value is -2.15. The molecule has 0 saturated carbocycles. The highest BCUT2D eigenvalue weighted by atomic mass is 79.9. The minimum atomic E-state index is 0.0224. The van der Waals surface area contributed by atoms with Crippen molar-refractivity contribution in [2.45, 2.75) is 26.3 Å². The number of methoxy groups -OCH3 is 1. The third-order valence-electron chi connectivity index (χ3n) is 4.63. The summed E-state index contributed by atoms with van der Waals surface area (Å²) in [5.74, 6) is 1.65. The fraction of sp³-hybridized carbons (Fsp3) is 0.421. The number of benzene rings is 1. The highest BCUT2D eigenvalue weighted by molar-refractivity contribution is 9.10. The number of ether oxygens (including phenoxy) is 1. The van der Waals surface area contributed by atoms with Crippen molar-refractivity contribution in [1.29, 1.82) is 0 Å². The number of aryl methyl sites for hydroxylation is 1. The predicted octanol–water partition coefficient (Wildman–Crippen LogP) is 3.09. The number of nitrogens with one attached hydrogen (secondary N) is 1. The predicted molar refractivity (Wildman–Crippen MR) is 104 cm³/mol. The van der Waals surface area contributed by atoms with Gasteiger partial charge in [0, 0.05) is 47.5 Å². The van der Waals surface area contributed by atoms with E-state index in [1.54, 1.807) is 13.3 Å². The maximum absolute atomic E-state index is 12.5. The largest absolute Gasteiger partial charge is 0.496 e. The fourth-order valence-electron chi connectivity index (χ4n) is 3.14. The lowest BCUT2D eigenvalue weighted by Crippen LogP contribution is -2.41. The van der Waals surface area contributed by atoms with E-state index < -0.39 is 0 Å². The van der Waals surface area contributed by atoms with Gasteiger partial charge in [-0.25, -0.2) is 9.97 Å². The molecule has 1 saturated heterocycles. The quantitative estimate of drug-likeness (QED) is 0.807. The van der Waals surface area contributed by atoms with Crippen LogP contribution in [0.25, 0.3) is 0 Å². The molecule has 1 aromatic heterocycles. The van der Waals surface area contributed by atoms with Crippen LogP contribution in [0.4, 0.5) is 5.95 Å². The molecule has 26 heavy (non-hydrogen) atoms. The molecule has 7 heteroatoms. The number of aromatic nitrogens is 2. The van der Waals surface area contributed by atoms with Crippen LogP contribution in [0.2, 0.25) is 0 Å². The fourth-order valence-corrected chi connectivity index (χ4v) is 3.55. The first kappa shape index (κ1) is 18.6. The van der Waals surface area contributed by atoms with Gasteiger partial charge in [-0.2, -0.15) is 0 Å². The van der Waals surface area contributed by atoms with Crippen molar-refractivity contribution in [3.63, 3.8) is 0 Å². The minimum Gasteiger partial charge on any atom is -0.496 e. The number of carbonyl (C=O) groups is 1. The second-order valence-electron chi connectivity index (χ2n) is 6.43. The Morgan fingerprint density at radius 2 is 2.12 bits per heavy atom. The molecule has 0 bridgehead atoms. The maximum atomic E-state index is 12.5. The molecule has 1 aliphatic rings. The Kier molecular flexibility index (Phi) is 6.08. The number of carbonyl (C=O) groups excluding carboxylic acids is 1. The third kappa shape index (κ3) is 4.52. The molecular formula is C19H23BrN4O2. The normalized spacial score (nSPS) is 15.0. The molecule has 6 nitrogen and oxygen atoms in total. The van der Waals surface area contributed by atoms with Gasteiger partial charge >= 0.3 is 0 Å². The monoisotopic (exact) mass is 418 g/mol. The summed E-state index contributed by atoms with van der Waals surface area (Å²) in [5, 5.41) is 3.04. The van der Waals surface area contributed by atoms with Crippen LogP contribution >= 0.6 is 15.9 Å². The van der Waals surface area contributed by atoms with Crippen LogP contribution in [0.5, 0.6) is 5.75 Å². The molecule has 2 aromatic rings. The van der Waals surface area contributed by atoms with Gasteiger partial charge in [-0.3, -0.25) is 4.79 Å². The van der Waals surface area contributed by atoms with E-state index in [9.17, 15) is 4.79 Å². The number of hydrogen-bond acceptors (Lipinski definition) is 5. The molecule has 0 aliphatic carbocycles. The van der Waals surface area contributed by atoms with E-state index in [1.165, 1.54) is 0 Å². The zero-order valence-corrected chi connectivity index (χ0v) is 16.6. The first-order valence-corrected chi connectivity index (χ1v) is 9.51. The second-order valence-corrected chi connectivity index (χ2v) is 7.35. The highest BCUT2D eigenvalue weighted by Crippen LogP contribution is 2.24. The van der Waals surface area contributed by atoms with Gasteiger partial charge in [-0.15, -0.1) is 0 Å². The lowest BCUT2D eigenvalue weighted by atomic mass is 9.96. The number of nitrogens with zero attached hydrogens (tertiary/aromatic N) is 3. The van der Waals surface area contributed by atoms with Crippen molar-refractivity contribution in [1.82, 2.24) is 15.3 Å². The molecule has 0 radical (unpaired) electrons. The van der Waals surface area contributed by atoms with Crippen LogP contribution in [-0.2, 0) is 11.3 Å². The van der Waals surface area contributed by atoms with Crippen LogP contribution < -0.4 is 15.0 Å². The van der Waals surface area contributed by atoms with Gasteiger partial charge in [0.15, 0.2) is 0 Å². The average Bonchev–Trinajstić information content (AvgIpc) is 2.66. The van der Waals surface area contributed by atoms with Crippen molar-refractivity contribution in [3.8, 4) is 5.75 Å². The number of anilines is 1. The first-order chi connectivity index (χ1) is 12.6. The lowest BCUT2D eigenvalue weighted by molar-refractivity contribution is -0.125. The van der Waals surface area contributed by atoms with Crippen LogP contribution in [0.15, 0.2) is 34.9 Å². The summed E-state index contributed by atoms with van der Waals surface area (Å²) in [4.78, 5) is 23.5. The summed E-state index contributed by atoms with van der Waals surface area (Å²) in [6.07, 6.45) is 3.39. The van der Waals surface area contributed by atoms with Crippen LogP contribution in [0.1, 0.15) is 24.1 Å². The molecule has 0 unspecified atom stereocenters. The average molecular weight is 419 g/mol. The summed E-state index contributed by atoms with van der Waals surface area (Å²) in [6.45, 7) is 4.01. The zero-order chi connectivity index (χ0) is 18.5. The molecular weight excluding hydrogens is 396 g/mol. The summed E-state index contributed by atoms with van der Waals surface area (Å²) >= 11 is 3.46. The van der Waals surface area contributed by atoms with Gasteiger partial charge in [0.1, 0.15) is 5.75 Å². The molecule has 3 rings (SSSR count). The number of amides is 1. The Balaban J connectivity index is 1.53. The smallest absolute Gasteiger partial charge is 0.225 e. The summed E-state index contributed by atoms with van der Waals surface area (Å²) in [5.41, 5.74) is 1.92. The molecule has 1 fully saturated rings. The Morgan fingerprint density at radius 3 is 2.81 bits per heavy atom. The van der Waals surface area contributed by atoms with Gasteiger partial charge in [0.2, 0.25) is 11.9 Å². The molecule has 138 valence electrons. The topological polar surface area (TPSA) is 67.3 Å². The lowest BCUT2D eigenvalue weighted by Gasteiger charge is -2.31. The van der Waals surface area contributed by atoms with Gasteiger partial charge in [0.25, 0.3) is 0 Å².